The largest absolute Gasteiger partial charge is 0.384 e. The predicted molar refractivity (Wildman–Crippen MR) is 51.6 cm³/mol. The van der Waals surface area contributed by atoms with Crippen molar-refractivity contribution in [1.29, 1.82) is 0 Å². The summed E-state index contributed by atoms with van der Waals surface area (Å²) in [4.78, 5) is 12.8. The van der Waals surface area contributed by atoms with Gasteiger partial charge in [0, 0.05) is 18.0 Å². The zero-order chi connectivity index (χ0) is 10.0. The average molecular weight is 224 g/mol. The van der Waals surface area contributed by atoms with Crippen LogP contribution in [0.25, 0.3) is 0 Å². The normalized spacial score (nSPS) is 20.5. The number of aliphatic hydroxyl groups excluding tert-OH is 1. The van der Waals surface area contributed by atoms with Crippen molar-refractivity contribution >= 4 is 29.1 Å². The number of hydrogen-bond acceptors (Lipinski definition) is 2. The lowest BCUT2D eigenvalue weighted by Crippen LogP contribution is -2.41. The van der Waals surface area contributed by atoms with Gasteiger partial charge in [-0.25, -0.2) is 0 Å². The average Bonchev–Trinajstić information content (AvgIpc) is 2.08. The lowest BCUT2D eigenvalue weighted by atomic mass is 10.2. The monoisotopic (exact) mass is 223 g/mol. The van der Waals surface area contributed by atoms with E-state index in [0.29, 0.717) is 29.6 Å². The van der Waals surface area contributed by atoms with Gasteiger partial charge in [0.1, 0.15) is 6.10 Å². The first-order valence-electron chi connectivity index (χ1n) is 4.02. The van der Waals surface area contributed by atoms with Gasteiger partial charge in [0.05, 0.1) is 11.6 Å². The Morgan fingerprint density at radius 3 is 2.62 bits per heavy atom. The molecule has 0 aromatic heterocycles. The molecule has 0 aromatic rings. The van der Waals surface area contributed by atoms with Crippen molar-refractivity contribution in [3.63, 3.8) is 0 Å². The summed E-state index contributed by atoms with van der Waals surface area (Å²) < 4.78 is 0. The van der Waals surface area contributed by atoms with Gasteiger partial charge < -0.3 is 10.0 Å². The van der Waals surface area contributed by atoms with Crippen LogP contribution in [-0.2, 0) is 4.79 Å². The molecule has 1 rings (SSSR count). The van der Waals surface area contributed by atoms with Gasteiger partial charge in [0.15, 0.2) is 0 Å². The molecule has 13 heavy (non-hydrogen) atoms. The number of nitrogens with zero attached hydrogens (tertiary/aromatic N) is 1. The highest BCUT2D eigenvalue weighted by Gasteiger charge is 2.23. The number of aliphatic hydroxyl groups is 1. The number of halogens is 2. The fraction of sp³-hybridized carbons (Fsp3) is 0.625. The molecule has 1 amide bonds. The molecular weight excluding hydrogens is 213 g/mol. The van der Waals surface area contributed by atoms with E-state index < -0.39 is 6.10 Å². The third kappa shape index (κ3) is 2.59. The fourth-order valence-electron chi connectivity index (χ4n) is 1.15. The number of rotatable bonds is 1. The van der Waals surface area contributed by atoms with E-state index in [9.17, 15) is 4.79 Å². The molecule has 0 aliphatic carbocycles. The van der Waals surface area contributed by atoms with E-state index in [2.05, 4.69) is 0 Å². The van der Waals surface area contributed by atoms with Crippen molar-refractivity contribution in [2.45, 2.75) is 19.4 Å². The van der Waals surface area contributed by atoms with Gasteiger partial charge in [-0.1, -0.05) is 23.2 Å². The molecule has 1 aliphatic heterocycles. The Labute approximate surface area is 86.9 Å². The minimum absolute atomic E-state index is 0.303. The highest BCUT2D eigenvalue weighted by molar-refractivity contribution is 6.39. The Bertz CT molecular complexity index is 251. The molecule has 0 fully saturated rings. The molecule has 1 heterocycles. The van der Waals surface area contributed by atoms with Gasteiger partial charge in [0.2, 0.25) is 0 Å². The van der Waals surface area contributed by atoms with Crippen molar-refractivity contribution in [3.05, 3.63) is 10.1 Å². The van der Waals surface area contributed by atoms with E-state index >= 15 is 0 Å². The predicted octanol–water partition coefficient (Wildman–Crippen LogP) is 1.29. The lowest BCUT2D eigenvalue weighted by molar-refractivity contribution is -0.138. The maximum atomic E-state index is 11.3. The second-order valence-corrected chi connectivity index (χ2v) is 3.91. The summed E-state index contributed by atoms with van der Waals surface area (Å²) >= 11 is 11.5. The van der Waals surface area contributed by atoms with Crippen LogP contribution in [0.15, 0.2) is 10.1 Å². The van der Waals surface area contributed by atoms with Crippen LogP contribution >= 0.6 is 23.2 Å². The summed E-state index contributed by atoms with van der Waals surface area (Å²) in [7, 11) is 0. The van der Waals surface area contributed by atoms with E-state index in [1.165, 1.54) is 11.8 Å². The second-order valence-electron chi connectivity index (χ2n) is 3.00. The Kier molecular flexibility index (Phi) is 3.59. The Balaban J connectivity index is 2.63. The van der Waals surface area contributed by atoms with Crippen LogP contribution < -0.4 is 0 Å². The molecule has 0 aromatic carbocycles. The molecule has 3 nitrogen and oxygen atoms in total. The first-order chi connectivity index (χ1) is 6.02. The summed E-state index contributed by atoms with van der Waals surface area (Å²) in [6, 6.07) is 0. The van der Waals surface area contributed by atoms with E-state index in [0.717, 1.165) is 0 Å². The smallest absolute Gasteiger partial charge is 0.251 e. The van der Waals surface area contributed by atoms with Crippen LogP contribution in [0.1, 0.15) is 13.3 Å². The molecule has 0 spiro atoms. The van der Waals surface area contributed by atoms with Crippen LogP contribution in [0.2, 0.25) is 0 Å². The third-order valence-electron chi connectivity index (χ3n) is 1.89. The standard InChI is InChI=1S/C8H11Cl2NO2/c1-5(12)8(13)11-3-2-6(9)7(10)4-11/h5,12H,2-4H2,1H3/t5-/m1/s1. The van der Waals surface area contributed by atoms with Gasteiger partial charge in [-0.2, -0.15) is 0 Å². The molecule has 0 unspecified atom stereocenters. The van der Waals surface area contributed by atoms with Crippen LogP contribution in [0.5, 0.6) is 0 Å². The SMILES string of the molecule is C[C@@H](O)C(=O)N1CCC(Cl)=C(Cl)C1. The number of amides is 1. The second kappa shape index (κ2) is 4.31. The van der Waals surface area contributed by atoms with Crippen molar-refractivity contribution < 1.29 is 9.90 Å². The van der Waals surface area contributed by atoms with Gasteiger partial charge in [-0.05, 0) is 6.92 Å². The van der Waals surface area contributed by atoms with Crippen LogP contribution in [0.3, 0.4) is 0 Å². The summed E-state index contributed by atoms with van der Waals surface area (Å²) in [5.74, 6) is -0.303. The molecule has 0 bridgehead atoms. The van der Waals surface area contributed by atoms with Crippen molar-refractivity contribution in [3.8, 4) is 0 Å². The van der Waals surface area contributed by atoms with E-state index in [4.69, 9.17) is 28.3 Å². The summed E-state index contributed by atoms with van der Waals surface area (Å²) in [5, 5.41) is 10.1. The summed E-state index contributed by atoms with van der Waals surface area (Å²) in [6.07, 6.45) is -0.403. The summed E-state index contributed by atoms with van der Waals surface area (Å²) in [6.45, 7) is 2.28. The zero-order valence-electron chi connectivity index (χ0n) is 7.26. The Hall–Kier alpha value is -0.250. The molecule has 1 N–H and O–H groups in total. The van der Waals surface area contributed by atoms with Gasteiger partial charge in [-0.3, -0.25) is 4.79 Å². The third-order valence-corrected chi connectivity index (χ3v) is 2.76. The number of carbonyl (C=O) groups excluding carboxylic acids is 1. The number of carbonyl (C=O) groups is 1. The minimum atomic E-state index is -0.971. The molecule has 1 aliphatic rings. The van der Waals surface area contributed by atoms with Crippen LogP contribution in [-0.4, -0.2) is 35.1 Å². The van der Waals surface area contributed by atoms with Crippen LogP contribution in [0.4, 0.5) is 0 Å². The van der Waals surface area contributed by atoms with Gasteiger partial charge >= 0.3 is 0 Å². The summed E-state index contributed by atoms with van der Waals surface area (Å²) in [5.41, 5.74) is 0. The topological polar surface area (TPSA) is 40.5 Å². The minimum Gasteiger partial charge on any atom is -0.384 e. The molecule has 74 valence electrons. The highest BCUT2D eigenvalue weighted by atomic mass is 35.5. The van der Waals surface area contributed by atoms with Crippen LogP contribution in [0, 0.1) is 0 Å². The first-order valence-corrected chi connectivity index (χ1v) is 4.78. The maximum absolute atomic E-state index is 11.3. The molecule has 1 atom stereocenters. The van der Waals surface area contributed by atoms with Crippen molar-refractivity contribution in [2.75, 3.05) is 13.1 Å². The molecule has 0 saturated carbocycles. The van der Waals surface area contributed by atoms with E-state index in [-0.39, 0.29) is 5.91 Å². The lowest BCUT2D eigenvalue weighted by Gasteiger charge is -2.27. The quantitative estimate of drug-likeness (QED) is 0.728. The van der Waals surface area contributed by atoms with Crippen molar-refractivity contribution in [1.82, 2.24) is 4.90 Å². The zero-order valence-corrected chi connectivity index (χ0v) is 8.77. The first kappa shape index (κ1) is 10.8. The van der Waals surface area contributed by atoms with E-state index in [1.807, 2.05) is 0 Å². The molecule has 0 saturated heterocycles. The fourth-order valence-corrected chi connectivity index (χ4v) is 1.54. The molecule has 5 heteroatoms. The molecular formula is C8H11Cl2NO2. The molecule has 0 radical (unpaired) electrons. The van der Waals surface area contributed by atoms with E-state index in [1.54, 1.807) is 0 Å². The van der Waals surface area contributed by atoms with Gasteiger partial charge in [-0.15, -0.1) is 0 Å². The Morgan fingerprint density at radius 2 is 2.15 bits per heavy atom. The highest BCUT2D eigenvalue weighted by Crippen LogP contribution is 2.24. The van der Waals surface area contributed by atoms with Gasteiger partial charge in [0.25, 0.3) is 5.91 Å². The maximum Gasteiger partial charge on any atom is 0.251 e. The number of hydrogen-bond donors (Lipinski definition) is 1. The van der Waals surface area contributed by atoms with Crippen molar-refractivity contribution in [2.24, 2.45) is 0 Å². The Morgan fingerprint density at radius 1 is 1.54 bits per heavy atom.